The van der Waals surface area contributed by atoms with Crippen molar-refractivity contribution in [1.29, 1.82) is 0 Å². The molecule has 0 aliphatic carbocycles. The molecule has 3 nitrogen and oxygen atoms in total. The zero-order chi connectivity index (χ0) is 16.3. The van der Waals surface area contributed by atoms with E-state index >= 15 is 0 Å². The van der Waals surface area contributed by atoms with E-state index in [0.29, 0.717) is 11.6 Å². The van der Waals surface area contributed by atoms with Gasteiger partial charge in [0.05, 0.1) is 9.88 Å². The normalized spacial score (nSPS) is 12.5. The van der Waals surface area contributed by atoms with Gasteiger partial charge in [0.2, 0.25) is 0 Å². The smallest absolute Gasteiger partial charge is 0.273 e. The molecule has 1 amide bonds. The number of aryl methyl sites for hydroxylation is 1. The number of rotatable bonds is 5. The van der Waals surface area contributed by atoms with Crippen molar-refractivity contribution in [3.05, 3.63) is 41.0 Å². The van der Waals surface area contributed by atoms with Gasteiger partial charge in [0.15, 0.2) is 0 Å². The van der Waals surface area contributed by atoms with Gasteiger partial charge in [-0.15, -0.1) is 11.3 Å². The van der Waals surface area contributed by atoms with Gasteiger partial charge in [-0.05, 0) is 31.7 Å². The third kappa shape index (κ3) is 3.74. The first-order valence-corrected chi connectivity index (χ1v) is 8.51. The van der Waals surface area contributed by atoms with E-state index in [9.17, 15) is 4.79 Å². The maximum absolute atomic E-state index is 12.8. The highest BCUT2D eigenvalue weighted by Gasteiger charge is 2.24. The SMILES string of the molecule is Cc1nc(C(=O)N(C)[C@H](C)CC(C)C)c(-c2ccccc2)s1. The Morgan fingerprint density at radius 2 is 1.86 bits per heavy atom. The Hall–Kier alpha value is -1.68. The molecule has 0 N–H and O–H groups in total. The number of hydrogen-bond donors (Lipinski definition) is 0. The number of thiazole rings is 1. The van der Waals surface area contributed by atoms with Crippen LogP contribution >= 0.6 is 11.3 Å². The average molecular weight is 316 g/mol. The van der Waals surface area contributed by atoms with E-state index in [1.165, 1.54) is 0 Å². The van der Waals surface area contributed by atoms with Crippen LogP contribution in [0.4, 0.5) is 0 Å². The van der Waals surface area contributed by atoms with Crippen LogP contribution in [0.3, 0.4) is 0 Å². The van der Waals surface area contributed by atoms with E-state index in [0.717, 1.165) is 21.9 Å². The van der Waals surface area contributed by atoms with Crippen LogP contribution in [0.1, 0.15) is 42.7 Å². The lowest BCUT2D eigenvalue weighted by atomic mass is 10.0. The molecule has 0 saturated heterocycles. The van der Waals surface area contributed by atoms with Gasteiger partial charge in [-0.1, -0.05) is 44.2 Å². The lowest BCUT2D eigenvalue weighted by Gasteiger charge is -2.26. The molecule has 0 aliphatic heterocycles. The summed E-state index contributed by atoms with van der Waals surface area (Å²) in [6.07, 6.45) is 0.992. The number of hydrogen-bond acceptors (Lipinski definition) is 3. The predicted molar refractivity (Wildman–Crippen MR) is 93.3 cm³/mol. The van der Waals surface area contributed by atoms with Gasteiger partial charge in [-0.25, -0.2) is 4.98 Å². The van der Waals surface area contributed by atoms with Gasteiger partial charge < -0.3 is 4.90 Å². The second-order valence-electron chi connectivity index (χ2n) is 6.17. The summed E-state index contributed by atoms with van der Waals surface area (Å²) in [4.78, 5) is 20.1. The summed E-state index contributed by atoms with van der Waals surface area (Å²) >= 11 is 1.58. The van der Waals surface area contributed by atoms with Crippen LogP contribution in [0.15, 0.2) is 30.3 Å². The van der Waals surface area contributed by atoms with Crippen LogP contribution in [-0.2, 0) is 0 Å². The Kier molecular flexibility index (Phi) is 5.35. The number of amides is 1. The van der Waals surface area contributed by atoms with E-state index in [1.54, 1.807) is 11.3 Å². The standard InChI is InChI=1S/C18H24N2OS/c1-12(2)11-13(3)20(5)18(21)16-17(22-14(4)19-16)15-9-7-6-8-10-15/h6-10,12-13H,11H2,1-5H3/t13-/m1/s1. The highest BCUT2D eigenvalue weighted by atomic mass is 32.1. The summed E-state index contributed by atoms with van der Waals surface area (Å²) in [5, 5.41) is 0.923. The fourth-order valence-corrected chi connectivity index (χ4v) is 3.48. The Morgan fingerprint density at radius 3 is 2.45 bits per heavy atom. The largest absolute Gasteiger partial charge is 0.338 e. The highest BCUT2D eigenvalue weighted by Crippen LogP contribution is 2.31. The van der Waals surface area contributed by atoms with E-state index in [4.69, 9.17) is 0 Å². The summed E-state index contributed by atoms with van der Waals surface area (Å²) in [6, 6.07) is 10.2. The lowest BCUT2D eigenvalue weighted by molar-refractivity contribution is 0.0723. The molecular weight excluding hydrogens is 292 g/mol. The molecule has 1 aromatic heterocycles. The predicted octanol–water partition coefficient (Wildman–Crippen LogP) is 4.63. The minimum Gasteiger partial charge on any atom is -0.338 e. The maximum atomic E-state index is 12.8. The van der Waals surface area contributed by atoms with Crippen molar-refractivity contribution in [2.75, 3.05) is 7.05 Å². The van der Waals surface area contributed by atoms with Crippen LogP contribution in [0.25, 0.3) is 10.4 Å². The quantitative estimate of drug-likeness (QED) is 0.806. The van der Waals surface area contributed by atoms with Crippen LogP contribution in [0.2, 0.25) is 0 Å². The molecule has 0 spiro atoms. The zero-order valence-electron chi connectivity index (χ0n) is 14.0. The molecule has 0 fully saturated rings. The number of carbonyl (C=O) groups is 1. The van der Waals surface area contributed by atoms with E-state index < -0.39 is 0 Å². The van der Waals surface area contributed by atoms with Gasteiger partial charge >= 0.3 is 0 Å². The zero-order valence-corrected chi connectivity index (χ0v) is 14.8. The Morgan fingerprint density at radius 1 is 1.23 bits per heavy atom. The minimum absolute atomic E-state index is 0.0105. The number of aromatic nitrogens is 1. The summed E-state index contributed by atoms with van der Waals surface area (Å²) in [7, 11) is 1.87. The van der Waals surface area contributed by atoms with Gasteiger partial charge in [0, 0.05) is 13.1 Å². The number of benzene rings is 1. The Bertz CT molecular complexity index is 634. The molecule has 1 atom stereocenters. The fourth-order valence-electron chi connectivity index (χ4n) is 2.56. The molecule has 1 heterocycles. The third-order valence-electron chi connectivity index (χ3n) is 3.77. The van der Waals surface area contributed by atoms with Crippen LogP contribution in [0.5, 0.6) is 0 Å². The molecule has 0 unspecified atom stereocenters. The van der Waals surface area contributed by atoms with Crippen molar-refractivity contribution < 1.29 is 4.79 Å². The molecule has 0 bridgehead atoms. The molecule has 0 aliphatic rings. The molecule has 4 heteroatoms. The van der Waals surface area contributed by atoms with Crippen molar-refractivity contribution in [3.8, 4) is 10.4 Å². The monoisotopic (exact) mass is 316 g/mol. The van der Waals surface area contributed by atoms with E-state index in [-0.39, 0.29) is 11.9 Å². The van der Waals surface area contributed by atoms with Crippen molar-refractivity contribution in [3.63, 3.8) is 0 Å². The maximum Gasteiger partial charge on any atom is 0.273 e. The molecular formula is C18H24N2OS. The molecule has 0 saturated carbocycles. The highest BCUT2D eigenvalue weighted by molar-refractivity contribution is 7.15. The fraction of sp³-hybridized carbons (Fsp3) is 0.444. The molecule has 2 aromatic rings. The van der Waals surface area contributed by atoms with Crippen molar-refractivity contribution in [2.24, 2.45) is 5.92 Å². The molecule has 22 heavy (non-hydrogen) atoms. The van der Waals surface area contributed by atoms with Crippen LogP contribution in [0, 0.1) is 12.8 Å². The molecule has 2 rings (SSSR count). The Balaban J connectivity index is 2.31. The summed E-state index contributed by atoms with van der Waals surface area (Å²) < 4.78 is 0. The second-order valence-corrected chi connectivity index (χ2v) is 7.37. The van der Waals surface area contributed by atoms with Crippen LogP contribution < -0.4 is 0 Å². The van der Waals surface area contributed by atoms with Crippen molar-refractivity contribution in [2.45, 2.75) is 40.2 Å². The molecule has 0 radical (unpaired) electrons. The van der Waals surface area contributed by atoms with Gasteiger partial charge in [-0.2, -0.15) is 0 Å². The molecule has 1 aromatic carbocycles. The number of nitrogens with zero attached hydrogens (tertiary/aromatic N) is 2. The van der Waals surface area contributed by atoms with E-state index in [1.807, 2.05) is 49.2 Å². The van der Waals surface area contributed by atoms with Gasteiger partial charge in [-0.3, -0.25) is 4.79 Å². The van der Waals surface area contributed by atoms with Gasteiger partial charge in [0.25, 0.3) is 5.91 Å². The lowest BCUT2D eigenvalue weighted by Crippen LogP contribution is -2.36. The summed E-state index contributed by atoms with van der Waals surface area (Å²) in [5.74, 6) is 0.576. The molecule has 118 valence electrons. The summed E-state index contributed by atoms with van der Waals surface area (Å²) in [6.45, 7) is 8.40. The second kappa shape index (κ2) is 7.05. The minimum atomic E-state index is 0.0105. The van der Waals surface area contributed by atoms with Crippen LogP contribution in [-0.4, -0.2) is 28.9 Å². The average Bonchev–Trinajstić information content (AvgIpc) is 2.88. The van der Waals surface area contributed by atoms with Crippen molar-refractivity contribution in [1.82, 2.24) is 9.88 Å². The topological polar surface area (TPSA) is 33.2 Å². The first-order valence-electron chi connectivity index (χ1n) is 7.70. The number of carbonyl (C=O) groups excluding carboxylic acids is 1. The van der Waals surface area contributed by atoms with E-state index in [2.05, 4.69) is 25.8 Å². The first-order chi connectivity index (χ1) is 10.4. The first kappa shape index (κ1) is 16.7. The van der Waals surface area contributed by atoms with Crippen molar-refractivity contribution >= 4 is 17.2 Å². The van der Waals surface area contributed by atoms with Gasteiger partial charge in [0.1, 0.15) is 5.69 Å². The Labute approximate surface area is 137 Å². The third-order valence-corrected chi connectivity index (χ3v) is 4.79. The summed E-state index contributed by atoms with van der Waals surface area (Å²) in [5.41, 5.74) is 1.63.